The molecule has 0 unspecified atom stereocenters. The molecule has 6 heteroatoms. The molecule has 2 aromatic rings. The molecule has 1 N–H and O–H groups in total. The Bertz CT molecular complexity index is 794. The zero-order valence-corrected chi connectivity index (χ0v) is 13.6. The van der Waals surface area contributed by atoms with Crippen LogP contribution in [0.5, 0.6) is 0 Å². The number of anilines is 2. The second-order valence-corrected chi connectivity index (χ2v) is 6.66. The quantitative estimate of drug-likeness (QED) is 0.942. The number of nitrogens with zero attached hydrogens (tertiary/aromatic N) is 3. The fraction of sp³-hybridized carbons (Fsp3) is 0.389. The van der Waals surface area contributed by atoms with Gasteiger partial charge in [0, 0.05) is 12.7 Å². The van der Waals surface area contributed by atoms with Crippen molar-refractivity contribution in [2.75, 3.05) is 16.8 Å². The van der Waals surface area contributed by atoms with Crippen LogP contribution in [0.2, 0.25) is 0 Å². The summed E-state index contributed by atoms with van der Waals surface area (Å²) in [6, 6.07) is 7.42. The highest BCUT2D eigenvalue weighted by atomic mass is 16.2. The summed E-state index contributed by atoms with van der Waals surface area (Å²) in [4.78, 5) is 26.7. The first kappa shape index (κ1) is 14.9. The van der Waals surface area contributed by atoms with E-state index in [-0.39, 0.29) is 24.3 Å². The van der Waals surface area contributed by atoms with Crippen molar-refractivity contribution in [1.29, 1.82) is 0 Å². The number of carbonyl (C=O) groups excluding carboxylic acids is 2. The van der Waals surface area contributed by atoms with Gasteiger partial charge in [0.25, 0.3) is 0 Å². The van der Waals surface area contributed by atoms with Crippen molar-refractivity contribution in [2.24, 2.45) is 5.92 Å². The van der Waals surface area contributed by atoms with Crippen LogP contribution in [0.4, 0.5) is 11.4 Å². The molecule has 0 spiro atoms. The van der Waals surface area contributed by atoms with Gasteiger partial charge >= 0.3 is 0 Å². The van der Waals surface area contributed by atoms with Gasteiger partial charge in [-0.2, -0.15) is 5.10 Å². The van der Waals surface area contributed by atoms with Crippen LogP contribution in [0.15, 0.2) is 36.7 Å². The number of hydrogen-bond donors (Lipinski definition) is 1. The van der Waals surface area contributed by atoms with E-state index in [0.717, 1.165) is 5.69 Å². The summed E-state index contributed by atoms with van der Waals surface area (Å²) < 4.78 is 1.70. The number of fused-ring (bicyclic) bond motifs is 1. The molecule has 1 aromatic heterocycles. The third kappa shape index (κ3) is 2.79. The molecule has 0 radical (unpaired) electrons. The summed E-state index contributed by atoms with van der Waals surface area (Å²) in [7, 11) is 0. The van der Waals surface area contributed by atoms with Gasteiger partial charge in [-0.05, 0) is 36.5 Å². The highest BCUT2D eigenvalue weighted by Gasteiger charge is 2.29. The van der Waals surface area contributed by atoms with Crippen LogP contribution < -0.4 is 10.2 Å². The first-order valence-corrected chi connectivity index (χ1v) is 8.34. The third-order valence-corrected chi connectivity index (χ3v) is 4.66. The zero-order valence-electron chi connectivity index (χ0n) is 13.6. The largest absolute Gasteiger partial charge is 0.324 e. The molecule has 24 heavy (non-hydrogen) atoms. The molecule has 2 heterocycles. The molecule has 6 nitrogen and oxygen atoms in total. The first-order valence-electron chi connectivity index (χ1n) is 8.34. The van der Waals surface area contributed by atoms with Gasteiger partial charge in [-0.3, -0.25) is 14.3 Å². The molecule has 0 bridgehead atoms. The molecule has 1 aliphatic carbocycles. The Balaban J connectivity index is 1.58. The summed E-state index contributed by atoms with van der Waals surface area (Å²) in [6.07, 6.45) is 6.25. The molecule has 2 aliphatic rings. The molecule has 4 rings (SSSR count). The van der Waals surface area contributed by atoms with E-state index < -0.39 is 0 Å². The van der Waals surface area contributed by atoms with Gasteiger partial charge in [0.05, 0.1) is 23.5 Å². The van der Waals surface area contributed by atoms with E-state index in [9.17, 15) is 9.59 Å². The van der Waals surface area contributed by atoms with Crippen molar-refractivity contribution in [3.63, 3.8) is 0 Å². The number of benzene rings is 1. The molecule has 1 saturated carbocycles. The Labute approximate surface area is 140 Å². The maximum Gasteiger partial charge on any atom is 0.248 e. The van der Waals surface area contributed by atoms with Crippen LogP contribution >= 0.6 is 0 Å². The van der Waals surface area contributed by atoms with Gasteiger partial charge in [0.2, 0.25) is 11.8 Å². The predicted octanol–water partition coefficient (Wildman–Crippen LogP) is 2.38. The maximum absolute atomic E-state index is 12.9. The highest BCUT2D eigenvalue weighted by Crippen LogP contribution is 2.39. The summed E-state index contributed by atoms with van der Waals surface area (Å²) in [5.41, 5.74) is 2.64. The van der Waals surface area contributed by atoms with Crippen LogP contribution in [0.1, 0.15) is 31.2 Å². The monoisotopic (exact) mass is 324 g/mol. The SMILES string of the molecule is C[C@H]1CN(C(=O)Cn2cc(C3CC3)cn2)c2ccccc2NC1=O. The van der Waals surface area contributed by atoms with E-state index in [2.05, 4.69) is 10.4 Å². The van der Waals surface area contributed by atoms with Gasteiger partial charge in [0.15, 0.2) is 0 Å². The van der Waals surface area contributed by atoms with Crippen LogP contribution in [0, 0.1) is 5.92 Å². The molecule has 2 amide bonds. The number of nitrogens with one attached hydrogen (secondary N) is 1. The minimum atomic E-state index is -0.263. The van der Waals surface area contributed by atoms with Gasteiger partial charge in [-0.15, -0.1) is 0 Å². The van der Waals surface area contributed by atoms with Crippen molar-refractivity contribution < 1.29 is 9.59 Å². The van der Waals surface area contributed by atoms with Crippen molar-refractivity contribution in [3.05, 3.63) is 42.2 Å². The molecule has 124 valence electrons. The Hall–Kier alpha value is -2.63. The lowest BCUT2D eigenvalue weighted by Crippen LogP contribution is -2.38. The highest BCUT2D eigenvalue weighted by molar-refractivity contribution is 6.04. The number of aromatic nitrogens is 2. The van der Waals surface area contributed by atoms with Crippen LogP contribution in [0.25, 0.3) is 0 Å². The average molecular weight is 324 g/mol. The number of amides is 2. The molecular formula is C18H20N4O2. The van der Waals surface area contributed by atoms with Gasteiger partial charge in [-0.1, -0.05) is 19.1 Å². The summed E-state index contributed by atoms with van der Waals surface area (Å²) >= 11 is 0. The lowest BCUT2D eigenvalue weighted by atomic mass is 10.1. The smallest absolute Gasteiger partial charge is 0.248 e. The zero-order chi connectivity index (χ0) is 16.7. The van der Waals surface area contributed by atoms with Crippen LogP contribution in [-0.4, -0.2) is 28.1 Å². The molecule has 1 atom stereocenters. The summed E-state index contributed by atoms with van der Waals surface area (Å²) in [6.45, 7) is 2.39. The van der Waals surface area contributed by atoms with E-state index in [1.165, 1.54) is 18.4 Å². The van der Waals surface area contributed by atoms with Crippen LogP contribution in [-0.2, 0) is 16.1 Å². The maximum atomic E-state index is 12.9. The van der Waals surface area contributed by atoms with Crippen LogP contribution in [0.3, 0.4) is 0 Å². The standard InChI is InChI=1S/C18H20N4O2/c1-12-9-22(16-5-3-2-4-15(16)20-18(12)24)17(23)11-21-10-14(8-19-21)13-6-7-13/h2-5,8,10,12-13H,6-7,9,11H2,1H3,(H,20,24)/t12-/m0/s1. The number of hydrogen-bond acceptors (Lipinski definition) is 3. The second-order valence-electron chi connectivity index (χ2n) is 6.66. The topological polar surface area (TPSA) is 67.2 Å². The van der Waals surface area contributed by atoms with E-state index in [1.54, 1.807) is 9.58 Å². The minimum absolute atomic E-state index is 0.0590. The average Bonchev–Trinajstić information content (AvgIpc) is 3.34. The fourth-order valence-corrected chi connectivity index (χ4v) is 3.08. The Morgan fingerprint density at radius 2 is 2.12 bits per heavy atom. The van der Waals surface area contributed by atoms with Gasteiger partial charge in [0.1, 0.15) is 6.54 Å². The van der Waals surface area contributed by atoms with Crippen molar-refractivity contribution in [3.8, 4) is 0 Å². The minimum Gasteiger partial charge on any atom is -0.324 e. The first-order chi connectivity index (χ1) is 11.6. The Kier molecular flexibility index (Phi) is 3.59. The van der Waals surface area contributed by atoms with Crippen molar-refractivity contribution in [2.45, 2.75) is 32.2 Å². The molecule has 0 saturated heterocycles. The molecular weight excluding hydrogens is 304 g/mol. The van der Waals surface area contributed by atoms with Gasteiger partial charge in [-0.25, -0.2) is 0 Å². The number of carbonyl (C=O) groups is 2. The lowest BCUT2D eigenvalue weighted by Gasteiger charge is -2.23. The van der Waals surface area contributed by atoms with E-state index in [0.29, 0.717) is 18.2 Å². The second kappa shape index (κ2) is 5.78. The van der Waals surface area contributed by atoms with E-state index in [1.807, 2.05) is 43.6 Å². The van der Waals surface area contributed by atoms with Crippen molar-refractivity contribution >= 4 is 23.2 Å². The third-order valence-electron chi connectivity index (χ3n) is 4.66. The van der Waals surface area contributed by atoms with E-state index >= 15 is 0 Å². The Morgan fingerprint density at radius 3 is 2.92 bits per heavy atom. The summed E-state index contributed by atoms with van der Waals surface area (Å²) in [5.74, 6) is 0.236. The Morgan fingerprint density at radius 1 is 1.33 bits per heavy atom. The van der Waals surface area contributed by atoms with E-state index in [4.69, 9.17) is 0 Å². The molecule has 1 aliphatic heterocycles. The lowest BCUT2D eigenvalue weighted by molar-refractivity contribution is -0.120. The fourth-order valence-electron chi connectivity index (χ4n) is 3.08. The normalized spacial score (nSPS) is 20.3. The van der Waals surface area contributed by atoms with Crippen molar-refractivity contribution in [1.82, 2.24) is 9.78 Å². The number of para-hydroxylation sites is 2. The molecule has 1 aromatic carbocycles. The molecule has 1 fully saturated rings. The number of rotatable bonds is 3. The summed E-state index contributed by atoms with van der Waals surface area (Å²) in [5, 5.41) is 7.21. The van der Waals surface area contributed by atoms with Gasteiger partial charge < -0.3 is 10.2 Å². The predicted molar refractivity (Wildman–Crippen MR) is 90.8 cm³/mol.